The highest BCUT2D eigenvalue weighted by Gasteiger charge is 2.17. The summed E-state index contributed by atoms with van der Waals surface area (Å²) in [4.78, 5) is 20.4. The Labute approximate surface area is 138 Å². The number of benzene rings is 1. The smallest absolute Gasteiger partial charge is 0.321 e. The number of anilines is 1. The first kappa shape index (κ1) is 17.1. The van der Waals surface area contributed by atoms with Gasteiger partial charge in [0.25, 0.3) is 0 Å². The predicted octanol–water partition coefficient (Wildman–Crippen LogP) is 2.47. The second kappa shape index (κ2) is 8.41. The maximum absolute atomic E-state index is 12.1. The van der Waals surface area contributed by atoms with Gasteiger partial charge >= 0.3 is 6.03 Å². The predicted molar refractivity (Wildman–Crippen MR) is 94.5 cm³/mol. The molecule has 2 amide bonds. The van der Waals surface area contributed by atoms with Crippen molar-refractivity contribution in [2.45, 2.75) is 33.2 Å². The van der Waals surface area contributed by atoms with Crippen LogP contribution in [0.25, 0.3) is 0 Å². The highest BCUT2D eigenvalue weighted by molar-refractivity contribution is 5.89. The molecule has 6 heteroatoms. The molecule has 1 heterocycles. The number of carbonyl (C=O) groups excluding carboxylic acids is 1. The van der Waals surface area contributed by atoms with Gasteiger partial charge < -0.3 is 20.9 Å². The Bertz CT molecular complexity index is 548. The standard InChI is InChI=1S/C17H27N5O/c1-3-21(4-2)16(18)19-13-14-8-7-9-15(12-14)20-17(23)22-10-5-6-11-22/h7-9,12H,3-6,10-11,13H2,1-2H3,(H2,18,19)(H,20,23). The topological polar surface area (TPSA) is 74.0 Å². The van der Waals surface area contributed by atoms with Gasteiger partial charge in [-0.2, -0.15) is 0 Å². The number of aliphatic imine (C=N–C) groups is 1. The molecule has 0 bridgehead atoms. The van der Waals surface area contributed by atoms with Crippen molar-refractivity contribution in [3.05, 3.63) is 29.8 Å². The third-order valence-corrected chi connectivity index (χ3v) is 4.08. The molecule has 0 aromatic heterocycles. The fourth-order valence-electron chi connectivity index (χ4n) is 2.69. The number of guanidine groups is 1. The Morgan fingerprint density at radius 3 is 2.65 bits per heavy atom. The van der Waals surface area contributed by atoms with Gasteiger partial charge in [-0.3, -0.25) is 0 Å². The molecule has 1 aromatic rings. The molecule has 3 N–H and O–H groups in total. The summed E-state index contributed by atoms with van der Waals surface area (Å²) in [5, 5.41) is 2.95. The van der Waals surface area contributed by atoms with E-state index in [2.05, 4.69) is 24.2 Å². The highest BCUT2D eigenvalue weighted by atomic mass is 16.2. The molecule has 23 heavy (non-hydrogen) atoms. The number of amides is 2. The van der Waals surface area contributed by atoms with Crippen molar-refractivity contribution in [2.24, 2.45) is 10.7 Å². The number of carbonyl (C=O) groups is 1. The Hall–Kier alpha value is -2.24. The van der Waals surface area contributed by atoms with Crippen molar-refractivity contribution in [1.29, 1.82) is 0 Å². The van der Waals surface area contributed by atoms with Crippen LogP contribution < -0.4 is 11.1 Å². The Kier molecular flexibility index (Phi) is 6.26. The molecule has 0 radical (unpaired) electrons. The number of likely N-dealkylation sites (tertiary alicyclic amines) is 1. The molecule has 1 aliphatic heterocycles. The molecule has 1 aromatic carbocycles. The zero-order chi connectivity index (χ0) is 16.7. The number of rotatable bonds is 5. The maximum atomic E-state index is 12.1. The van der Waals surface area contributed by atoms with Crippen LogP contribution in [0.1, 0.15) is 32.3 Å². The van der Waals surface area contributed by atoms with Gasteiger partial charge in [-0.1, -0.05) is 12.1 Å². The molecule has 0 atom stereocenters. The average Bonchev–Trinajstić information content (AvgIpc) is 3.09. The Balaban J connectivity index is 1.96. The third kappa shape index (κ3) is 4.87. The molecule has 0 unspecified atom stereocenters. The van der Waals surface area contributed by atoms with Crippen molar-refractivity contribution in [1.82, 2.24) is 9.80 Å². The molecule has 6 nitrogen and oxygen atoms in total. The molecular weight excluding hydrogens is 290 g/mol. The molecule has 2 rings (SSSR count). The van der Waals surface area contributed by atoms with Crippen molar-refractivity contribution >= 4 is 17.7 Å². The molecule has 0 spiro atoms. The van der Waals surface area contributed by atoms with Gasteiger partial charge in [0.2, 0.25) is 0 Å². The fraction of sp³-hybridized carbons (Fsp3) is 0.529. The molecule has 126 valence electrons. The maximum Gasteiger partial charge on any atom is 0.321 e. The number of urea groups is 1. The van der Waals surface area contributed by atoms with Gasteiger partial charge in [0.1, 0.15) is 0 Å². The third-order valence-electron chi connectivity index (χ3n) is 4.08. The van der Waals surface area contributed by atoms with Gasteiger partial charge in [-0.05, 0) is 44.4 Å². The minimum Gasteiger partial charge on any atom is -0.370 e. The zero-order valence-corrected chi connectivity index (χ0v) is 14.1. The molecule has 0 aliphatic carbocycles. The van der Waals surface area contributed by atoms with Crippen LogP contribution in [0.3, 0.4) is 0 Å². The minimum absolute atomic E-state index is 0.0224. The summed E-state index contributed by atoms with van der Waals surface area (Å²) in [7, 11) is 0. The summed E-state index contributed by atoms with van der Waals surface area (Å²) < 4.78 is 0. The average molecular weight is 317 g/mol. The van der Waals surface area contributed by atoms with Gasteiger partial charge in [0.15, 0.2) is 5.96 Å². The molecule has 1 saturated heterocycles. The Morgan fingerprint density at radius 2 is 2.00 bits per heavy atom. The molecular formula is C17H27N5O. The van der Waals surface area contributed by atoms with E-state index in [9.17, 15) is 4.79 Å². The van der Waals surface area contributed by atoms with E-state index in [1.54, 1.807) is 0 Å². The number of hydrogen-bond acceptors (Lipinski definition) is 2. The number of nitrogens with two attached hydrogens (primary N) is 1. The second-order valence-corrected chi connectivity index (χ2v) is 5.67. The summed E-state index contributed by atoms with van der Waals surface area (Å²) in [6.07, 6.45) is 2.18. The first-order valence-corrected chi connectivity index (χ1v) is 8.33. The lowest BCUT2D eigenvalue weighted by molar-refractivity contribution is 0.222. The van der Waals surface area contributed by atoms with E-state index in [-0.39, 0.29) is 6.03 Å². The summed E-state index contributed by atoms with van der Waals surface area (Å²) in [5.74, 6) is 0.557. The van der Waals surface area contributed by atoms with Crippen LogP contribution in [0.2, 0.25) is 0 Å². The van der Waals surface area contributed by atoms with E-state index in [1.165, 1.54) is 0 Å². The van der Waals surface area contributed by atoms with E-state index in [0.717, 1.165) is 50.3 Å². The number of nitrogens with zero attached hydrogens (tertiary/aromatic N) is 3. The SMILES string of the molecule is CCN(CC)C(N)=NCc1cccc(NC(=O)N2CCCC2)c1. The van der Waals surface area contributed by atoms with Crippen LogP contribution >= 0.6 is 0 Å². The molecule has 1 fully saturated rings. The van der Waals surface area contributed by atoms with Crippen LogP contribution in [0.5, 0.6) is 0 Å². The van der Waals surface area contributed by atoms with E-state index in [4.69, 9.17) is 5.73 Å². The molecule has 1 aliphatic rings. The van der Waals surface area contributed by atoms with Crippen LogP contribution in [0, 0.1) is 0 Å². The summed E-state index contributed by atoms with van der Waals surface area (Å²) in [5.41, 5.74) is 7.82. The van der Waals surface area contributed by atoms with Crippen LogP contribution in [0.15, 0.2) is 29.3 Å². The zero-order valence-electron chi connectivity index (χ0n) is 14.1. The fourth-order valence-corrected chi connectivity index (χ4v) is 2.69. The normalized spacial score (nSPS) is 14.9. The first-order valence-electron chi connectivity index (χ1n) is 8.33. The summed E-state index contributed by atoms with van der Waals surface area (Å²) in [6, 6.07) is 7.75. The summed E-state index contributed by atoms with van der Waals surface area (Å²) >= 11 is 0. The monoisotopic (exact) mass is 317 g/mol. The van der Waals surface area contributed by atoms with E-state index >= 15 is 0 Å². The first-order chi connectivity index (χ1) is 11.1. The number of hydrogen-bond donors (Lipinski definition) is 2. The van der Waals surface area contributed by atoms with E-state index < -0.39 is 0 Å². The quantitative estimate of drug-likeness (QED) is 0.647. The summed E-state index contributed by atoms with van der Waals surface area (Å²) in [6.45, 7) is 8.00. The highest BCUT2D eigenvalue weighted by Crippen LogP contribution is 2.14. The van der Waals surface area contributed by atoms with Crippen molar-refractivity contribution in [3.63, 3.8) is 0 Å². The van der Waals surface area contributed by atoms with Crippen molar-refractivity contribution in [3.8, 4) is 0 Å². The molecule has 0 saturated carbocycles. The van der Waals surface area contributed by atoms with Gasteiger partial charge in [-0.15, -0.1) is 0 Å². The van der Waals surface area contributed by atoms with Crippen LogP contribution in [-0.4, -0.2) is 48.0 Å². The van der Waals surface area contributed by atoms with Crippen LogP contribution in [-0.2, 0) is 6.54 Å². The lowest BCUT2D eigenvalue weighted by Crippen LogP contribution is -2.37. The lowest BCUT2D eigenvalue weighted by atomic mass is 10.2. The van der Waals surface area contributed by atoms with Crippen molar-refractivity contribution in [2.75, 3.05) is 31.5 Å². The lowest BCUT2D eigenvalue weighted by Gasteiger charge is -2.19. The van der Waals surface area contributed by atoms with Gasteiger partial charge in [0.05, 0.1) is 6.54 Å². The van der Waals surface area contributed by atoms with Gasteiger partial charge in [0, 0.05) is 31.9 Å². The van der Waals surface area contributed by atoms with Gasteiger partial charge in [-0.25, -0.2) is 9.79 Å². The van der Waals surface area contributed by atoms with E-state index in [0.29, 0.717) is 12.5 Å². The largest absolute Gasteiger partial charge is 0.370 e. The Morgan fingerprint density at radius 1 is 1.30 bits per heavy atom. The van der Waals surface area contributed by atoms with E-state index in [1.807, 2.05) is 34.1 Å². The number of nitrogens with one attached hydrogen (secondary N) is 1. The van der Waals surface area contributed by atoms with Crippen LogP contribution in [0.4, 0.5) is 10.5 Å². The minimum atomic E-state index is -0.0224. The van der Waals surface area contributed by atoms with Crippen molar-refractivity contribution < 1.29 is 4.79 Å². The second-order valence-electron chi connectivity index (χ2n) is 5.67.